The van der Waals surface area contributed by atoms with E-state index in [4.69, 9.17) is 9.84 Å². The zero-order valence-corrected chi connectivity index (χ0v) is 19.6. The lowest BCUT2D eigenvalue weighted by Gasteiger charge is -2.34. The van der Waals surface area contributed by atoms with Gasteiger partial charge in [-0.3, -0.25) is 14.9 Å². The van der Waals surface area contributed by atoms with Crippen molar-refractivity contribution in [2.75, 3.05) is 12.4 Å². The maximum atomic E-state index is 12.2. The van der Waals surface area contributed by atoms with Crippen molar-refractivity contribution in [2.45, 2.75) is 30.5 Å². The lowest BCUT2D eigenvalue weighted by molar-refractivity contribution is -0.110. The molecule has 1 aliphatic rings. The molecule has 2 aromatic carbocycles. The third kappa shape index (κ3) is 5.07. The lowest BCUT2D eigenvalue weighted by Crippen LogP contribution is -2.39. The van der Waals surface area contributed by atoms with E-state index in [1.54, 1.807) is 41.5 Å². The second-order valence-corrected chi connectivity index (χ2v) is 8.96. The van der Waals surface area contributed by atoms with Crippen molar-refractivity contribution >= 4 is 35.4 Å². The molecule has 1 aromatic heterocycles. The second-order valence-electron chi connectivity index (χ2n) is 7.64. The Kier molecular flexibility index (Phi) is 7.17. The average Bonchev–Trinajstić information content (AvgIpc) is 3.40. The average molecular weight is 480 g/mol. The highest BCUT2D eigenvalue weighted by Crippen LogP contribution is 2.35. The summed E-state index contributed by atoms with van der Waals surface area (Å²) in [6.45, 7) is 2.45. The number of phenols is 1. The van der Waals surface area contributed by atoms with Crippen LogP contribution in [0, 0.1) is 0 Å². The minimum absolute atomic E-state index is 0.0128. The molecule has 0 saturated heterocycles. The highest BCUT2D eigenvalue weighted by Gasteiger charge is 2.31. The highest BCUT2D eigenvalue weighted by atomic mass is 32.2. The summed E-state index contributed by atoms with van der Waals surface area (Å²) in [4.78, 5) is 24.0. The Balaban J connectivity index is 1.54. The summed E-state index contributed by atoms with van der Waals surface area (Å²) in [6, 6.07) is 14.2. The molecule has 1 amide bonds. The van der Waals surface area contributed by atoms with Crippen LogP contribution in [-0.2, 0) is 11.3 Å². The summed E-state index contributed by atoms with van der Waals surface area (Å²) in [7, 11) is 1.50. The Bertz CT molecular complexity index is 1180. The molecule has 2 unspecified atom stereocenters. The molecule has 0 aliphatic carbocycles. The van der Waals surface area contributed by atoms with Crippen LogP contribution >= 0.6 is 11.8 Å². The molecule has 34 heavy (non-hydrogen) atoms. The Labute approximate surface area is 201 Å². The molecule has 10 heteroatoms. The van der Waals surface area contributed by atoms with Gasteiger partial charge in [0, 0.05) is 17.4 Å². The number of benzene rings is 2. The predicted molar refractivity (Wildman–Crippen MR) is 131 cm³/mol. The van der Waals surface area contributed by atoms with Gasteiger partial charge in [0.05, 0.1) is 24.6 Å². The Morgan fingerprint density at radius 2 is 2.06 bits per heavy atom. The minimum atomic E-state index is -0.431. The third-order valence-corrected chi connectivity index (χ3v) is 6.91. The number of H-pyrrole nitrogens is 1. The fourth-order valence-electron chi connectivity index (χ4n) is 3.64. The van der Waals surface area contributed by atoms with Crippen LogP contribution in [-0.4, -0.2) is 56.0 Å². The lowest BCUT2D eigenvalue weighted by atomic mass is 10.0. The molecule has 1 aliphatic heterocycles. The number of ether oxygens (including phenoxy) is 1. The first kappa shape index (κ1) is 23.4. The molecule has 3 N–H and O–H groups in total. The van der Waals surface area contributed by atoms with E-state index in [2.05, 4.69) is 15.5 Å². The van der Waals surface area contributed by atoms with Gasteiger partial charge in [-0.1, -0.05) is 19.1 Å². The number of rotatable bonds is 8. The standard InChI is InChI=1S/C24H25N5O4S/c1-3-21-23(16-6-9-20(33-2)19(31)12-16)28-29(22(14-30)34-21)13-15-4-7-17(8-5-15)26-24(32)18-10-11-25-27-18/h4-12,14,21-22,31H,3,13H2,1-2H3,(H,25,27)(H,26,32). The van der Waals surface area contributed by atoms with Crippen LogP contribution in [0.3, 0.4) is 0 Å². The predicted octanol–water partition coefficient (Wildman–Crippen LogP) is 3.63. The molecule has 0 radical (unpaired) electrons. The number of aromatic nitrogens is 2. The molecule has 0 spiro atoms. The van der Waals surface area contributed by atoms with Gasteiger partial charge in [0.2, 0.25) is 0 Å². The van der Waals surface area contributed by atoms with E-state index in [-0.39, 0.29) is 16.9 Å². The number of carbonyl (C=O) groups is 2. The van der Waals surface area contributed by atoms with Gasteiger partial charge >= 0.3 is 0 Å². The number of carbonyl (C=O) groups excluding carboxylic acids is 2. The van der Waals surface area contributed by atoms with E-state index < -0.39 is 5.37 Å². The van der Waals surface area contributed by atoms with Crippen LogP contribution in [0.4, 0.5) is 5.69 Å². The minimum Gasteiger partial charge on any atom is -0.504 e. The number of phenolic OH excluding ortho intramolecular Hbond substituents is 1. The largest absolute Gasteiger partial charge is 0.504 e. The Morgan fingerprint density at radius 3 is 2.68 bits per heavy atom. The maximum Gasteiger partial charge on any atom is 0.276 e. The SMILES string of the molecule is CCC1SC(C=O)N(Cc2ccc(NC(=O)c3cc[nH]n3)cc2)N=C1c1ccc(OC)c(O)c1. The number of hydrogen-bond donors (Lipinski definition) is 3. The van der Waals surface area contributed by atoms with Crippen molar-refractivity contribution in [2.24, 2.45) is 5.10 Å². The van der Waals surface area contributed by atoms with E-state index in [1.165, 1.54) is 18.9 Å². The second kappa shape index (κ2) is 10.4. The molecular formula is C24H25N5O4S. The number of thioether (sulfide) groups is 1. The zero-order chi connectivity index (χ0) is 24.1. The summed E-state index contributed by atoms with van der Waals surface area (Å²) >= 11 is 1.53. The van der Waals surface area contributed by atoms with Crippen LogP contribution in [0.1, 0.15) is 35.0 Å². The van der Waals surface area contributed by atoms with E-state index in [1.807, 2.05) is 25.1 Å². The van der Waals surface area contributed by atoms with Gasteiger partial charge < -0.3 is 20.0 Å². The number of amides is 1. The van der Waals surface area contributed by atoms with Crippen molar-refractivity contribution in [3.05, 3.63) is 71.5 Å². The van der Waals surface area contributed by atoms with Gasteiger partial charge in [-0.25, -0.2) is 0 Å². The van der Waals surface area contributed by atoms with Crippen LogP contribution in [0.25, 0.3) is 0 Å². The zero-order valence-electron chi connectivity index (χ0n) is 18.8. The Morgan fingerprint density at radius 1 is 1.26 bits per heavy atom. The van der Waals surface area contributed by atoms with Gasteiger partial charge in [0.15, 0.2) is 17.8 Å². The summed E-state index contributed by atoms with van der Waals surface area (Å²) in [5.74, 6) is 0.132. The first-order valence-electron chi connectivity index (χ1n) is 10.8. The van der Waals surface area contributed by atoms with Crippen LogP contribution < -0.4 is 10.1 Å². The normalized spacial score (nSPS) is 17.7. The van der Waals surface area contributed by atoms with E-state index >= 15 is 0 Å². The third-order valence-electron chi connectivity index (χ3n) is 5.39. The molecule has 2 atom stereocenters. The number of hydrogen-bond acceptors (Lipinski definition) is 8. The first-order chi connectivity index (χ1) is 16.5. The molecule has 3 aromatic rings. The first-order valence-corrected chi connectivity index (χ1v) is 11.7. The molecule has 9 nitrogen and oxygen atoms in total. The van der Waals surface area contributed by atoms with Crippen molar-refractivity contribution in [1.82, 2.24) is 15.2 Å². The fraction of sp³-hybridized carbons (Fsp3) is 0.250. The molecule has 0 bridgehead atoms. The van der Waals surface area contributed by atoms with E-state index in [0.717, 1.165) is 29.5 Å². The maximum absolute atomic E-state index is 12.2. The van der Waals surface area contributed by atoms with Crippen molar-refractivity contribution in [3.63, 3.8) is 0 Å². The van der Waals surface area contributed by atoms with Crippen molar-refractivity contribution in [1.29, 1.82) is 0 Å². The van der Waals surface area contributed by atoms with Crippen LogP contribution in [0.15, 0.2) is 59.8 Å². The van der Waals surface area contributed by atoms with Gasteiger partial charge in [-0.2, -0.15) is 10.2 Å². The van der Waals surface area contributed by atoms with Crippen molar-refractivity contribution < 1.29 is 19.4 Å². The van der Waals surface area contributed by atoms with Gasteiger partial charge in [0.25, 0.3) is 5.91 Å². The summed E-state index contributed by atoms with van der Waals surface area (Å²) in [5.41, 5.74) is 3.46. The number of anilines is 1. The van der Waals surface area contributed by atoms with Crippen LogP contribution in [0.2, 0.25) is 0 Å². The topological polar surface area (TPSA) is 120 Å². The number of nitrogens with one attached hydrogen (secondary N) is 2. The number of nitrogens with zero attached hydrogens (tertiary/aromatic N) is 3. The number of aldehydes is 1. The van der Waals surface area contributed by atoms with E-state index in [0.29, 0.717) is 23.7 Å². The number of aromatic amines is 1. The molecular weight excluding hydrogens is 454 g/mol. The van der Waals surface area contributed by atoms with Crippen molar-refractivity contribution in [3.8, 4) is 11.5 Å². The molecule has 4 rings (SSSR count). The molecule has 0 saturated carbocycles. The quantitative estimate of drug-likeness (QED) is 0.422. The van der Waals surface area contributed by atoms with Gasteiger partial charge in [-0.05, 0) is 48.4 Å². The molecule has 176 valence electrons. The molecule has 0 fully saturated rings. The van der Waals surface area contributed by atoms with Gasteiger partial charge in [-0.15, -0.1) is 11.8 Å². The number of hydrazone groups is 1. The summed E-state index contributed by atoms with van der Waals surface area (Å²) in [5, 5.41) is 25.7. The molecule has 2 heterocycles. The number of methoxy groups -OCH3 is 1. The summed E-state index contributed by atoms with van der Waals surface area (Å²) in [6.07, 6.45) is 3.28. The fourth-order valence-corrected chi connectivity index (χ4v) is 4.80. The summed E-state index contributed by atoms with van der Waals surface area (Å²) < 4.78 is 5.15. The number of aromatic hydroxyl groups is 1. The smallest absolute Gasteiger partial charge is 0.276 e. The highest BCUT2D eigenvalue weighted by molar-refractivity contribution is 8.01. The Hall–Kier alpha value is -3.79. The van der Waals surface area contributed by atoms with Crippen LogP contribution in [0.5, 0.6) is 11.5 Å². The van der Waals surface area contributed by atoms with Gasteiger partial charge in [0.1, 0.15) is 11.1 Å². The monoisotopic (exact) mass is 479 g/mol. The van der Waals surface area contributed by atoms with E-state index in [9.17, 15) is 14.7 Å².